The van der Waals surface area contributed by atoms with Crippen LogP contribution in [-0.4, -0.2) is 20.1 Å². The number of aryl methyl sites for hydroxylation is 2. The normalized spacial score (nSPS) is 15.4. The van der Waals surface area contributed by atoms with Crippen molar-refractivity contribution in [2.45, 2.75) is 13.8 Å². The number of rotatable bonds is 4. The van der Waals surface area contributed by atoms with Crippen LogP contribution in [0.15, 0.2) is 36.4 Å². The summed E-state index contributed by atoms with van der Waals surface area (Å²) < 4.78 is 23.1. The quantitative estimate of drug-likeness (QED) is 0.666. The lowest BCUT2D eigenvalue weighted by molar-refractivity contribution is -0.110. The van der Waals surface area contributed by atoms with Gasteiger partial charge < -0.3 is 14.4 Å². The number of hydrogen-bond donors (Lipinski definition) is 1. The van der Waals surface area contributed by atoms with E-state index in [1.165, 1.54) is 14.2 Å². The molecule has 5 nitrogen and oxygen atoms in total. The van der Waals surface area contributed by atoms with Crippen LogP contribution < -0.4 is 10.6 Å². The number of amides is 1. The maximum Gasteiger partial charge on any atom is 0.362 e. The van der Waals surface area contributed by atoms with Gasteiger partial charge in [-0.15, -0.1) is 0 Å². The number of hydrogen-bond acceptors (Lipinski definition) is 4. The predicted molar refractivity (Wildman–Crippen MR) is 100 cm³/mol. The Morgan fingerprint density at radius 1 is 1.00 bits per heavy atom. The fraction of sp³-hybridized carbons (Fsp3) is 0.211. The molecule has 25 heavy (non-hydrogen) atoms. The van der Waals surface area contributed by atoms with E-state index in [1.54, 1.807) is 6.07 Å². The van der Waals surface area contributed by atoms with E-state index in [0.717, 1.165) is 16.7 Å². The summed E-state index contributed by atoms with van der Waals surface area (Å²) >= 11 is 0. The largest absolute Gasteiger partial charge is 0.362 e. The molecule has 2 aromatic carbocycles. The third-order valence-corrected chi connectivity index (χ3v) is 6.10. The number of nitrogens with one attached hydrogen (secondary N) is 1. The molecular weight excluding hydrogens is 337 g/mol. The summed E-state index contributed by atoms with van der Waals surface area (Å²) in [6.45, 7) is 3.89. The van der Waals surface area contributed by atoms with Crippen LogP contribution in [0.2, 0.25) is 0 Å². The first-order chi connectivity index (χ1) is 11.9. The Morgan fingerprint density at radius 3 is 2.24 bits per heavy atom. The lowest BCUT2D eigenvalue weighted by atomic mass is 10.0. The van der Waals surface area contributed by atoms with Crippen molar-refractivity contribution < 1.29 is 18.4 Å². The first kappa shape index (κ1) is 17.6. The van der Waals surface area contributed by atoms with Crippen molar-refractivity contribution in [2.75, 3.05) is 19.5 Å². The molecule has 0 unspecified atom stereocenters. The van der Waals surface area contributed by atoms with Gasteiger partial charge in [0.2, 0.25) is 0 Å². The smallest absolute Gasteiger partial charge is 0.321 e. The molecule has 0 spiro atoms. The van der Waals surface area contributed by atoms with E-state index >= 15 is 0 Å². The molecule has 1 aliphatic heterocycles. The second-order valence-electron chi connectivity index (χ2n) is 5.99. The van der Waals surface area contributed by atoms with E-state index in [0.29, 0.717) is 22.1 Å². The first-order valence-corrected chi connectivity index (χ1v) is 9.39. The molecule has 2 aromatic rings. The number of fused-ring (bicyclic) bond motifs is 1. The zero-order valence-electron chi connectivity index (χ0n) is 14.6. The lowest BCUT2D eigenvalue weighted by Gasteiger charge is -2.17. The Hall–Kier alpha value is -2.20. The van der Waals surface area contributed by atoms with E-state index in [4.69, 9.17) is 9.05 Å². The molecule has 0 saturated carbocycles. The molecule has 0 saturated heterocycles. The van der Waals surface area contributed by atoms with Crippen molar-refractivity contribution in [3.63, 3.8) is 0 Å². The zero-order chi connectivity index (χ0) is 18.2. The van der Waals surface area contributed by atoms with Crippen molar-refractivity contribution in [2.24, 2.45) is 0 Å². The molecule has 0 atom stereocenters. The van der Waals surface area contributed by atoms with Gasteiger partial charge in [-0.05, 0) is 43.2 Å². The summed E-state index contributed by atoms with van der Waals surface area (Å²) in [5, 5.41) is 3.18. The minimum atomic E-state index is -3.49. The van der Waals surface area contributed by atoms with Crippen LogP contribution in [0.1, 0.15) is 22.3 Å². The maximum absolute atomic E-state index is 12.9. The standard InChI is InChI=1S/C19H20NO4P/c1-12-5-7-14(8-6-12)11-16-15-9-13(2)10-17(18(15)20-19(16)21)25(22,23-3)24-4/h5-11H,1-4H3,(H,20,21)/b16-11-. The molecule has 6 heteroatoms. The van der Waals surface area contributed by atoms with Crippen LogP contribution in [-0.2, 0) is 18.4 Å². The van der Waals surface area contributed by atoms with Gasteiger partial charge in [0.1, 0.15) is 0 Å². The van der Waals surface area contributed by atoms with Crippen molar-refractivity contribution in [3.8, 4) is 0 Å². The molecule has 1 N–H and O–H groups in total. The highest BCUT2D eigenvalue weighted by Gasteiger charge is 2.35. The molecule has 1 heterocycles. The van der Waals surface area contributed by atoms with Gasteiger partial charge in [-0.3, -0.25) is 9.36 Å². The van der Waals surface area contributed by atoms with E-state index in [-0.39, 0.29) is 5.91 Å². The molecule has 1 aliphatic rings. The van der Waals surface area contributed by atoms with Gasteiger partial charge >= 0.3 is 7.60 Å². The van der Waals surface area contributed by atoms with Gasteiger partial charge in [0.25, 0.3) is 5.91 Å². The zero-order valence-corrected chi connectivity index (χ0v) is 15.5. The van der Waals surface area contributed by atoms with Crippen LogP contribution in [0.3, 0.4) is 0 Å². The topological polar surface area (TPSA) is 64.6 Å². The Kier molecular flexibility index (Phi) is 4.65. The third-order valence-electron chi connectivity index (χ3n) is 4.20. The molecule has 0 aliphatic carbocycles. The summed E-state index contributed by atoms with van der Waals surface area (Å²) in [6.07, 6.45) is 1.83. The summed E-state index contributed by atoms with van der Waals surface area (Å²) in [7, 11) is -0.821. The van der Waals surface area contributed by atoms with E-state index in [9.17, 15) is 9.36 Å². The fourth-order valence-electron chi connectivity index (χ4n) is 2.87. The number of carbonyl (C=O) groups excluding carboxylic acids is 1. The van der Waals surface area contributed by atoms with Gasteiger partial charge in [-0.25, -0.2) is 0 Å². The molecule has 3 rings (SSSR count). The molecule has 0 radical (unpaired) electrons. The van der Waals surface area contributed by atoms with Crippen LogP contribution >= 0.6 is 7.60 Å². The second-order valence-corrected chi connectivity index (χ2v) is 8.20. The van der Waals surface area contributed by atoms with Crippen LogP contribution in [0.5, 0.6) is 0 Å². The van der Waals surface area contributed by atoms with E-state index in [2.05, 4.69) is 5.32 Å². The number of benzene rings is 2. The maximum atomic E-state index is 12.9. The molecule has 130 valence electrons. The van der Waals surface area contributed by atoms with Gasteiger partial charge in [0, 0.05) is 25.4 Å². The molecule has 0 fully saturated rings. The highest BCUT2D eigenvalue weighted by molar-refractivity contribution is 7.62. The minimum Gasteiger partial charge on any atom is -0.321 e. The SMILES string of the molecule is COP(=O)(OC)c1cc(C)cc2c1NC(=O)/C2=C\c1ccc(C)cc1. The van der Waals surface area contributed by atoms with Crippen LogP contribution in [0.4, 0.5) is 5.69 Å². The summed E-state index contributed by atoms with van der Waals surface area (Å²) in [4.78, 5) is 12.5. The highest BCUT2D eigenvalue weighted by atomic mass is 31.2. The number of anilines is 1. The van der Waals surface area contributed by atoms with E-state index in [1.807, 2.05) is 50.3 Å². The van der Waals surface area contributed by atoms with Gasteiger partial charge in [0.15, 0.2) is 0 Å². The van der Waals surface area contributed by atoms with Crippen molar-refractivity contribution in [3.05, 3.63) is 58.7 Å². The molecule has 1 amide bonds. The summed E-state index contributed by atoms with van der Waals surface area (Å²) in [5.41, 5.74) is 4.67. The Morgan fingerprint density at radius 2 is 1.64 bits per heavy atom. The van der Waals surface area contributed by atoms with Gasteiger partial charge in [-0.2, -0.15) is 0 Å². The minimum absolute atomic E-state index is 0.235. The number of carbonyl (C=O) groups is 1. The van der Waals surface area contributed by atoms with Crippen LogP contribution in [0.25, 0.3) is 11.6 Å². The van der Waals surface area contributed by atoms with Crippen molar-refractivity contribution in [1.29, 1.82) is 0 Å². The van der Waals surface area contributed by atoms with Crippen molar-refractivity contribution in [1.82, 2.24) is 0 Å². The summed E-state index contributed by atoms with van der Waals surface area (Å²) in [6, 6.07) is 11.5. The van der Waals surface area contributed by atoms with Crippen LogP contribution in [0, 0.1) is 13.8 Å². The Balaban J connectivity index is 2.18. The molecular formula is C19H20NO4P. The third kappa shape index (κ3) is 3.19. The molecule has 0 bridgehead atoms. The van der Waals surface area contributed by atoms with Crippen molar-refractivity contribution >= 4 is 36.1 Å². The summed E-state index contributed by atoms with van der Waals surface area (Å²) in [5.74, 6) is -0.235. The monoisotopic (exact) mass is 357 g/mol. The predicted octanol–water partition coefficient (Wildman–Crippen LogP) is 3.91. The Labute approximate surface area is 147 Å². The lowest BCUT2D eigenvalue weighted by Crippen LogP contribution is -2.15. The van der Waals surface area contributed by atoms with E-state index < -0.39 is 7.60 Å². The fourth-order valence-corrected chi connectivity index (χ4v) is 4.23. The average Bonchev–Trinajstić information content (AvgIpc) is 2.91. The van der Waals surface area contributed by atoms with Gasteiger partial charge in [-0.1, -0.05) is 29.8 Å². The first-order valence-electron chi connectivity index (χ1n) is 7.85. The second kappa shape index (κ2) is 6.60. The van der Waals surface area contributed by atoms with Gasteiger partial charge in [0.05, 0.1) is 11.0 Å². The average molecular weight is 357 g/mol. The Bertz CT molecular complexity index is 908. The highest BCUT2D eigenvalue weighted by Crippen LogP contribution is 2.50. The molecule has 0 aromatic heterocycles.